The predicted molar refractivity (Wildman–Crippen MR) is 61.5 cm³/mol. The summed E-state index contributed by atoms with van der Waals surface area (Å²) in [6.07, 6.45) is 5.49. The summed E-state index contributed by atoms with van der Waals surface area (Å²) in [6.45, 7) is 7.35. The van der Waals surface area contributed by atoms with Crippen molar-refractivity contribution >= 4 is 0 Å². The van der Waals surface area contributed by atoms with Crippen LogP contribution in [0.4, 0.5) is 0 Å². The molecule has 1 aromatic heterocycles. The first-order valence-electron chi connectivity index (χ1n) is 5.89. The van der Waals surface area contributed by atoms with Crippen LogP contribution in [0.2, 0.25) is 0 Å². The summed E-state index contributed by atoms with van der Waals surface area (Å²) in [5.41, 5.74) is 3.87. The van der Waals surface area contributed by atoms with Gasteiger partial charge in [0.15, 0.2) is 0 Å². The van der Waals surface area contributed by atoms with Crippen molar-refractivity contribution in [3.05, 3.63) is 23.0 Å². The fourth-order valence-corrected chi connectivity index (χ4v) is 2.44. The number of nitrogens with zero attached hydrogens (tertiary/aromatic N) is 1. The molecule has 1 aromatic rings. The topological polar surface area (TPSA) is 22.1 Å². The summed E-state index contributed by atoms with van der Waals surface area (Å²) in [5, 5.41) is 0. The van der Waals surface area contributed by atoms with Gasteiger partial charge in [-0.15, -0.1) is 0 Å². The first kappa shape index (κ1) is 10.5. The Kier molecular flexibility index (Phi) is 2.94. The highest BCUT2D eigenvalue weighted by molar-refractivity contribution is 5.45. The molecular weight excluding hydrogens is 186 g/mol. The highest BCUT2D eigenvalue weighted by atomic mass is 16.5. The van der Waals surface area contributed by atoms with E-state index in [4.69, 9.17) is 4.74 Å². The summed E-state index contributed by atoms with van der Waals surface area (Å²) in [5.74, 6) is 1.70. The van der Waals surface area contributed by atoms with Crippen LogP contribution in [0.1, 0.15) is 49.4 Å². The fourth-order valence-electron chi connectivity index (χ4n) is 2.44. The molecule has 0 radical (unpaired) electrons. The molecule has 82 valence electrons. The number of hydrogen-bond donors (Lipinski definition) is 0. The first-order chi connectivity index (χ1) is 7.27. The maximum atomic E-state index is 5.65. The number of hydrogen-bond acceptors (Lipinski definition) is 2. The van der Waals surface area contributed by atoms with Gasteiger partial charge in [0.2, 0.25) is 0 Å². The van der Waals surface area contributed by atoms with E-state index < -0.39 is 0 Å². The number of pyridine rings is 1. The summed E-state index contributed by atoms with van der Waals surface area (Å²) >= 11 is 0. The van der Waals surface area contributed by atoms with Gasteiger partial charge in [0.1, 0.15) is 5.75 Å². The quantitative estimate of drug-likeness (QED) is 0.755. The monoisotopic (exact) mass is 205 g/mol. The SMILES string of the molecule is CCC(CC)c1cnc(C)c2c1CCO2. The van der Waals surface area contributed by atoms with Crippen molar-refractivity contribution in [3.63, 3.8) is 0 Å². The zero-order valence-electron chi connectivity index (χ0n) is 9.84. The number of ether oxygens (including phenoxy) is 1. The molecule has 15 heavy (non-hydrogen) atoms. The van der Waals surface area contributed by atoms with Gasteiger partial charge in [0.25, 0.3) is 0 Å². The van der Waals surface area contributed by atoms with Gasteiger partial charge in [0.05, 0.1) is 12.3 Å². The Labute approximate surface area is 91.7 Å². The lowest BCUT2D eigenvalue weighted by molar-refractivity contribution is 0.353. The molecule has 0 aromatic carbocycles. The third kappa shape index (κ3) is 1.73. The van der Waals surface area contributed by atoms with Crippen LogP contribution >= 0.6 is 0 Å². The highest BCUT2D eigenvalue weighted by Crippen LogP contribution is 2.36. The summed E-state index contributed by atoms with van der Waals surface area (Å²) in [6, 6.07) is 0. The maximum absolute atomic E-state index is 5.65. The van der Waals surface area contributed by atoms with Gasteiger partial charge in [0, 0.05) is 18.2 Å². The largest absolute Gasteiger partial charge is 0.491 e. The molecule has 0 atom stereocenters. The molecule has 1 aliphatic heterocycles. The van der Waals surface area contributed by atoms with Crippen LogP contribution in [0.25, 0.3) is 0 Å². The summed E-state index contributed by atoms with van der Waals surface area (Å²) < 4.78 is 5.65. The molecule has 1 aliphatic rings. The van der Waals surface area contributed by atoms with Crippen LogP contribution in [0.15, 0.2) is 6.20 Å². The Bertz CT molecular complexity index is 356. The van der Waals surface area contributed by atoms with Gasteiger partial charge >= 0.3 is 0 Å². The zero-order chi connectivity index (χ0) is 10.8. The van der Waals surface area contributed by atoms with E-state index in [2.05, 4.69) is 25.0 Å². The second-order valence-corrected chi connectivity index (χ2v) is 4.22. The van der Waals surface area contributed by atoms with Crippen LogP contribution in [0.5, 0.6) is 5.75 Å². The molecule has 2 heterocycles. The van der Waals surface area contributed by atoms with E-state index in [1.54, 1.807) is 0 Å². The number of rotatable bonds is 3. The molecule has 0 saturated heterocycles. The third-order valence-electron chi connectivity index (χ3n) is 3.37. The summed E-state index contributed by atoms with van der Waals surface area (Å²) in [7, 11) is 0. The second-order valence-electron chi connectivity index (χ2n) is 4.22. The third-order valence-corrected chi connectivity index (χ3v) is 3.37. The molecule has 0 bridgehead atoms. The molecule has 0 spiro atoms. The van der Waals surface area contributed by atoms with E-state index in [0.717, 1.165) is 24.5 Å². The Morgan fingerprint density at radius 2 is 2.13 bits per heavy atom. The normalized spacial score (nSPS) is 14.1. The Morgan fingerprint density at radius 1 is 1.40 bits per heavy atom. The molecule has 2 rings (SSSR count). The van der Waals surface area contributed by atoms with E-state index in [9.17, 15) is 0 Å². The average molecular weight is 205 g/mol. The van der Waals surface area contributed by atoms with Crippen molar-refractivity contribution in [3.8, 4) is 5.75 Å². The molecule has 0 saturated carbocycles. The highest BCUT2D eigenvalue weighted by Gasteiger charge is 2.22. The van der Waals surface area contributed by atoms with Gasteiger partial charge in [-0.25, -0.2) is 0 Å². The maximum Gasteiger partial charge on any atom is 0.144 e. The molecule has 0 amide bonds. The van der Waals surface area contributed by atoms with Crippen molar-refractivity contribution in [1.29, 1.82) is 0 Å². The average Bonchev–Trinajstić information content (AvgIpc) is 2.72. The van der Waals surface area contributed by atoms with Gasteiger partial charge in [-0.2, -0.15) is 0 Å². The van der Waals surface area contributed by atoms with E-state index in [-0.39, 0.29) is 0 Å². The molecule has 0 fully saturated rings. The van der Waals surface area contributed by atoms with E-state index in [1.165, 1.54) is 24.0 Å². The number of aryl methyl sites for hydroxylation is 1. The zero-order valence-corrected chi connectivity index (χ0v) is 9.84. The first-order valence-corrected chi connectivity index (χ1v) is 5.89. The number of aromatic nitrogens is 1. The molecule has 2 heteroatoms. The predicted octanol–water partition coefficient (Wildman–Crippen LogP) is 3.23. The molecule has 0 unspecified atom stereocenters. The Hall–Kier alpha value is -1.05. The van der Waals surface area contributed by atoms with E-state index in [0.29, 0.717) is 5.92 Å². The van der Waals surface area contributed by atoms with Crippen LogP contribution < -0.4 is 4.74 Å². The lowest BCUT2D eigenvalue weighted by Gasteiger charge is -2.16. The van der Waals surface area contributed by atoms with Crippen LogP contribution in [-0.2, 0) is 6.42 Å². The van der Waals surface area contributed by atoms with Crippen molar-refractivity contribution in [1.82, 2.24) is 4.98 Å². The smallest absolute Gasteiger partial charge is 0.144 e. The van der Waals surface area contributed by atoms with Crippen molar-refractivity contribution in [2.24, 2.45) is 0 Å². The minimum Gasteiger partial charge on any atom is -0.491 e. The lowest BCUT2D eigenvalue weighted by Crippen LogP contribution is -2.01. The van der Waals surface area contributed by atoms with Gasteiger partial charge in [-0.05, 0) is 31.2 Å². The molecular formula is C13H19NO. The van der Waals surface area contributed by atoms with Gasteiger partial charge < -0.3 is 4.74 Å². The van der Waals surface area contributed by atoms with Crippen molar-refractivity contribution < 1.29 is 4.74 Å². The van der Waals surface area contributed by atoms with Crippen LogP contribution in [-0.4, -0.2) is 11.6 Å². The van der Waals surface area contributed by atoms with E-state index in [1.807, 2.05) is 6.92 Å². The standard InChI is InChI=1S/C13H19NO/c1-4-10(5-2)12-8-14-9(3)13-11(12)6-7-15-13/h8,10H,4-7H2,1-3H3. The fraction of sp³-hybridized carbons (Fsp3) is 0.615. The van der Waals surface area contributed by atoms with Crippen LogP contribution in [0, 0.1) is 6.92 Å². The Balaban J connectivity index is 2.45. The van der Waals surface area contributed by atoms with Gasteiger partial charge in [-0.1, -0.05) is 13.8 Å². The van der Waals surface area contributed by atoms with Crippen molar-refractivity contribution in [2.45, 2.75) is 46.0 Å². The minimum absolute atomic E-state index is 0.647. The van der Waals surface area contributed by atoms with Gasteiger partial charge in [-0.3, -0.25) is 4.98 Å². The molecule has 2 nitrogen and oxygen atoms in total. The molecule has 0 aliphatic carbocycles. The minimum atomic E-state index is 0.647. The molecule has 0 N–H and O–H groups in total. The second kappa shape index (κ2) is 4.21. The lowest BCUT2D eigenvalue weighted by atomic mass is 9.90. The summed E-state index contributed by atoms with van der Waals surface area (Å²) in [4.78, 5) is 4.44. The van der Waals surface area contributed by atoms with Crippen molar-refractivity contribution in [2.75, 3.05) is 6.61 Å². The van der Waals surface area contributed by atoms with Crippen LogP contribution in [0.3, 0.4) is 0 Å². The van der Waals surface area contributed by atoms with E-state index >= 15 is 0 Å². The Morgan fingerprint density at radius 3 is 2.80 bits per heavy atom. The number of fused-ring (bicyclic) bond motifs is 1.